The number of carbonyl (C=O) groups excluding carboxylic acids is 2. The minimum absolute atomic E-state index is 0.131. The van der Waals surface area contributed by atoms with Crippen LogP contribution in [0.5, 0.6) is 5.75 Å². The Morgan fingerprint density at radius 3 is 2.13 bits per heavy atom. The van der Waals surface area contributed by atoms with Crippen molar-refractivity contribution in [2.75, 3.05) is 12.0 Å². The first-order valence-corrected chi connectivity index (χ1v) is 10.8. The Labute approximate surface area is 182 Å². The quantitative estimate of drug-likeness (QED) is 0.415. The van der Waals surface area contributed by atoms with Crippen molar-refractivity contribution in [3.63, 3.8) is 0 Å². The van der Waals surface area contributed by atoms with Gasteiger partial charge in [-0.15, -0.1) is 0 Å². The van der Waals surface area contributed by atoms with E-state index in [4.69, 9.17) is 4.74 Å². The second kappa shape index (κ2) is 6.05. The molecule has 2 amide bonds. The molecule has 0 radical (unpaired) electrons. The van der Waals surface area contributed by atoms with Crippen molar-refractivity contribution in [2.45, 2.75) is 10.2 Å². The summed E-state index contributed by atoms with van der Waals surface area (Å²) in [6.07, 6.45) is 0. The lowest BCUT2D eigenvalue weighted by atomic mass is 9.55. The Kier molecular flexibility index (Phi) is 3.61. The van der Waals surface area contributed by atoms with E-state index in [1.807, 2.05) is 30.3 Å². The average molecular weight is 460 g/mol. The van der Waals surface area contributed by atoms with Gasteiger partial charge in [0.2, 0.25) is 11.8 Å². The highest BCUT2D eigenvalue weighted by atomic mass is 79.9. The predicted octanol–water partition coefficient (Wildman–Crippen LogP) is 4.60. The summed E-state index contributed by atoms with van der Waals surface area (Å²) in [4.78, 5) is 28.9. The summed E-state index contributed by atoms with van der Waals surface area (Å²) >= 11 is 4.01. The van der Waals surface area contributed by atoms with Crippen LogP contribution in [0.15, 0.2) is 72.8 Å². The zero-order valence-corrected chi connectivity index (χ0v) is 17.8. The van der Waals surface area contributed by atoms with Gasteiger partial charge in [0.05, 0.1) is 29.0 Å². The molecule has 5 heteroatoms. The molecule has 1 heterocycles. The van der Waals surface area contributed by atoms with Crippen molar-refractivity contribution < 1.29 is 14.3 Å². The molecule has 0 aromatic heterocycles. The number of imide groups is 1. The van der Waals surface area contributed by atoms with Crippen LogP contribution in [0.1, 0.15) is 28.2 Å². The highest BCUT2D eigenvalue weighted by molar-refractivity contribution is 9.09. The van der Waals surface area contributed by atoms with Crippen LogP contribution >= 0.6 is 15.9 Å². The first-order valence-electron chi connectivity index (χ1n) is 9.97. The third kappa shape index (κ3) is 2.01. The van der Waals surface area contributed by atoms with Gasteiger partial charge in [-0.3, -0.25) is 9.59 Å². The van der Waals surface area contributed by atoms with E-state index in [9.17, 15) is 9.59 Å². The first kappa shape index (κ1) is 17.9. The molecule has 0 saturated carbocycles. The molecular formula is C25H18BrNO3. The second-order valence-corrected chi connectivity index (χ2v) is 9.33. The van der Waals surface area contributed by atoms with E-state index in [-0.39, 0.29) is 17.7 Å². The number of alkyl halides is 1. The van der Waals surface area contributed by atoms with Gasteiger partial charge in [0.25, 0.3) is 0 Å². The Balaban J connectivity index is 1.60. The first-order chi connectivity index (χ1) is 14.6. The van der Waals surface area contributed by atoms with E-state index in [0.29, 0.717) is 11.4 Å². The van der Waals surface area contributed by atoms with Crippen molar-refractivity contribution in [3.8, 4) is 5.75 Å². The fraction of sp³-hybridized carbons (Fsp3) is 0.200. The fourth-order valence-electron chi connectivity index (χ4n) is 5.68. The van der Waals surface area contributed by atoms with Crippen LogP contribution in [-0.2, 0) is 13.9 Å². The van der Waals surface area contributed by atoms with Crippen molar-refractivity contribution >= 4 is 33.4 Å². The van der Waals surface area contributed by atoms with E-state index >= 15 is 0 Å². The number of amides is 2. The Morgan fingerprint density at radius 1 is 0.867 bits per heavy atom. The van der Waals surface area contributed by atoms with Crippen molar-refractivity contribution in [2.24, 2.45) is 11.8 Å². The lowest BCUT2D eigenvalue weighted by molar-refractivity contribution is -0.122. The fourth-order valence-corrected chi connectivity index (χ4v) is 6.89. The van der Waals surface area contributed by atoms with Gasteiger partial charge in [0.1, 0.15) is 5.75 Å². The van der Waals surface area contributed by atoms with Crippen molar-refractivity contribution in [1.82, 2.24) is 0 Å². The summed E-state index contributed by atoms with van der Waals surface area (Å²) in [7, 11) is 1.58. The number of methoxy groups -OCH3 is 1. The number of rotatable bonds is 2. The van der Waals surface area contributed by atoms with Gasteiger partial charge >= 0.3 is 0 Å². The molecule has 3 aromatic carbocycles. The van der Waals surface area contributed by atoms with Gasteiger partial charge in [-0.05, 0) is 34.4 Å². The largest absolute Gasteiger partial charge is 0.497 e. The summed E-state index contributed by atoms with van der Waals surface area (Å²) in [5.74, 6) is -0.751. The van der Waals surface area contributed by atoms with Crippen molar-refractivity contribution in [1.29, 1.82) is 0 Å². The van der Waals surface area contributed by atoms with Crippen LogP contribution in [0.4, 0.5) is 5.69 Å². The number of anilines is 1. The van der Waals surface area contributed by atoms with Gasteiger partial charge in [0.15, 0.2) is 0 Å². The summed E-state index contributed by atoms with van der Waals surface area (Å²) in [5, 5.41) is 0. The molecule has 148 valence electrons. The minimum Gasteiger partial charge on any atom is -0.497 e. The monoisotopic (exact) mass is 459 g/mol. The smallest absolute Gasteiger partial charge is 0.239 e. The van der Waals surface area contributed by atoms with Gasteiger partial charge in [0, 0.05) is 12.0 Å². The van der Waals surface area contributed by atoms with Crippen LogP contribution in [0, 0.1) is 11.8 Å². The lowest BCUT2D eigenvalue weighted by Crippen LogP contribution is -2.50. The van der Waals surface area contributed by atoms with Crippen molar-refractivity contribution in [3.05, 3.63) is 95.1 Å². The van der Waals surface area contributed by atoms with E-state index in [2.05, 4.69) is 40.2 Å². The maximum absolute atomic E-state index is 13.8. The molecule has 1 saturated heterocycles. The van der Waals surface area contributed by atoms with E-state index < -0.39 is 16.2 Å². The molecule has 7 rings (SSSR count). The van der Waals surface area contributed by atoms with Crippen LogP contribution in [0.2, 0.25) is 0 Å². The SMILES string of the molecule is COc1cccc(N2C(=O)[C@H]3C4c5ccccc5C(Br)(c5ccccc54)[C@H]3C2=O)c1. The third-order valence-electron chi connectivity index (χ3n) is 6.83. The maximum atomic E-state index is 13.8. The maximum Gasteiger partial charge on any atom is 0.239 e. The average Bonchev–Trinajstić information content (AvgIpc) is 3.06. The molecule has 2 atom stereocenters. The van der Waals surface area contributed by atoms with E-state index in [0.717, 1.165) is 22.3 Å². The van der Waals surface area contributed by atoms with Crippen LogP contribution in [0.3, 0.4) is 0 Å². The summed E-state index contributed by atoms with van der Waals surface area (Å²) in [6.45, 7) is 0. The highest BCUT2D eigenvalue weighted by Gasteiger charge is 2.67. The zero-order valence-electron chi connectivity index (χ0n) is 16.2. The Hall–Kier alpha value is -2.92. The van der Waals surface area contributed by atoms with Crippen LogP contribution in [0.25, 0.3) is 0 Å². The molecule has 0 unspecified atom stereocenters. The topological polar surface area (TPSA) is 46.6 Å². The molecule has 30 heavy (non-hydrogen) atoms. The number of carbonyl (C=O) groups is 2. The molecule has 1 fully saturated rings. The highest BCUT2D eigenvalue weighted by Crippen LogP contribution is 2.66. The number of benzene rings is 3. The van der Waals surface area contributed by atoms with Gasteiger partial charge in [-0.1, -0.05) is 70.5 Å². The molecule has 3 aromatic rings. The van der Waals surface area contributed by atoms with E-state index in [1.165, 1.54) is 4.90 Å². The standard InChI is InChI=1S/C25H18BrNO3/c1-30-15-8-6-7-14(13-15)27-23(28)21-20-16-9-2-4-11-18(16)25(26,22(21)24(27)29)19-12-5-3-10-17(19)20/h2-13,20-22H,1H3/t20?,21-,22+,25?/m0/s1. The molecule has 1 aliphatic heterocycles. The number of hydrogen-bond donors (Lipinski definition) is 0. The van der Waals surface area contributed by atoms with Crippen LogP contribution in [-0.4, -0.2) is 18.9 Å². The Morgan fingerprint density at radius 2 is 1.50 bits per heavy atom. The molecule has 4 aliphatic rings. The number of nitrogens with zero attached hydrogens (tertiary/aromatic N) is 1. The molecule has 0 spiro atoms. The predicted molar refractivity (Wildman–Crippen MR) is 117 cm³/mol. The summed E-state index contributed by atoms with van der Waals surface area (Å²) < 4.78 is 4.60. The third-order valence-corrected chi connectivity index (χ3v) is 8.17. The molecule has 4 nitrogen and oxygen atoms in total. The van der Waals surface area contributed by atoms with Gasteiger partial charge < -0.3 is 4.74 Å². The van der Waals surface area contributed by atoms with Gasteiger partial charge in [-0.25, -0.2) is 4.90 Å². The summed E-state index contributed by atoms with van der Waals surface area (Å²) in [6, 6.07) is 23.5. The second-order valence-electron chi connectivity index (χ2n) is 8.08. The van der Waals surface area contributed by atoms with Crippen LogP contribution < -0.4 is 9.64 Å². The molecule has 0 N–H and O–H groups in total. The number of ether oxygens (including phenoxy) is 1. The molecular weight excluding hydrogens is 442 g/mol. The Bertz CT molecular complexity index is 1190. The number of hydrogen-bond acceptors (Lipinski definition) is 3. The summed E-state index contributed by atoms with van der Waals surface area (Å²) in [5.41, 5.74) is 4.99. The zero-order chi connectivity index (χ0) is 20.6. The molecule has 2 bridgehead atoms. The minimum atomic E-state index is -0.722. The normalized spacial score (nSPS) is 28.2. The van der Waals surface area contributed by atoms with Gasteiger partial charge in [-0.2, -0.15) is 0 Å². The molecule has 3 aliphatic carbocycles. The number of halogens is 1. The van der Waals surface area contributed by atoms with E-state index in [1.54, 1.807) is 25.3 Å². The lowest BCUT2D eigenvalue weighted by Gasteiger charge is -2.51.